The Kier molecular flexibility index (Phi) is 6.94. The van der Waals surface area contributed by atoms with Gasteiger partial charge in [0, 0.05) is 6.92 Å². The number of amides is 1. The Balaban J connectivity index is 2.26. The van der Waals surface area contributed by atoms with Crippen LogP contribution in [0.2, 0.25) is 5.02 Å². The number of hydrogen-bond donors (Lipinski definition) is 1. The molecule has 138 valence electrons. The molecule has 0 aliphatic rings. The SMILES string of the molecule is CCN=Nc1ccc(OCc2c(OC)cccc2N(N)C(C)=O)c(Cl)c1. The van der Waals surface area contributed by atoms with Crippen molar-refractivity contribution in [2.75, 3.05) is 18.7 Å². The van der Waals surface area contributed by atoms with Crippen LogP contribution in [0.1, 0.15) is 19.4 Å². The van der Waals surface area contributed by atoms with Crippen molar-refractivity contribution in [3.8, 4) is 11.5 Å². The summed E-state index contributed by atoms with van der Waals surface area (Å²) in [5.74, 6) is 6.58. The number of azo groups is 1. The largest absolute Gasteiger partial charge is 0.496 e. The van der Waals surface area contributed by atoms with Gasteiger partial charge in [-0.05, 0) is 37.3 Å². The summed E-state index contributed by atoms with van der Waals surface area (Å²) >= 11 is 6.25. The van der Waals surface area contributed by atoms with E-state index < -0.39 is 0 Å². The van der Waals surface area contributed by atoms with E-state index in [1.54, 1.807) is 36.4 Å². The van der Waals surface area contributed by atoms with Crippen LogP contribution in [0, 0.1) is 0 Å². The van der Waals surface area contributed by atoms with Crippen molar-refractivity contribution in [3.63, 3.8) is 0 Å². The van der Waals surface area contributed by atoms with Crippen molar-refractivity contribution in [2.45, 2.75) is 20.5 Å². The fourth-order valence-corrected chi connectivity index (χ4v) is 2.49. The summed E-state index contributed by atoms with van der Waals surface area (Å²) in [5, 5.41) is 9.43. The normalized spacial score (nSPS) is 10.8. The first-order valence-electron chi connectivity index (χ1n) is 7.99. The molecule has 0 saturated carbocycles. The summed E-state index contributed by atoms with van der Waals surface area (Å²) in [6.07, 6.45) is 0. The van der Waals surface area contributed by atoms with Crippen LogP contribution < -0.4 is 20.3 Å². The summed E-state index contributed by atoms with van der Waals surface area (Å²) in [4.78, 5) is 11.6. The number of methoxy groups -OCH3 is 1. The summed E-state index contributed by atoms with van der Waals surface area (Å²) in [6, 6.07) is 10.4. The van der Waals surface area contributed by atoms with Gasteiger partial charge < -0.3 is 9.47 Å². The Hall–Kier alpha value is -2.64. The molecule has 0 aliphatic carbocycles. The number of ether oxygens (including phenoxy) is 2. The molecule has 0 aromatic heterocycles. The van der Waals surface area contributed by atoms with Gasteiger partial charge in [-0.3, -0.25) is 4.79 Å². The van der Waals surface area contributed by atoms with Crippen LogP contribution in [0.25, 0.3) is 0 Å². The van der Waals surface area contributed by atoms with E-state index in [-0.39, 0.29) is 12.5 Å². The minimum atomic E-state index is -0.303. The minimum absolute atomic E-state index is 0.121. The van der Waals surface area contributed by atoms with E-state index in [1.165, 1.54) is 14.0 Å². The molecule has 0 bridgehead atoms. The number of halogens is 1. The average molecular weight is 377 g/mol. The van der Waals surface area contributed by atoms with Crippen molar-refractivity contribution >= 4 is 28.9 Å². The Labute approximate surface area is 157 Å². The first kappa shape index (κ1) is 19.7. The second-order valence-electron chi connectivity index (χ2n) is 5.31. The molecule has 1 amide bonds. The molecule has 7 nitrogen and oxygen atoms in total. The van der Waals surface area contributed by atoms with Gasteiger partial charge in [-0.25, -0.2) is 10.9 Å². The predicted octanol–water partition coefficient (Wildman–Crippen LogP) is 4.26. The molecule has 0 aliphatic heterocycles. The zero-order valence-corrected chi connectivity index (χ0v) is 15.7. The summed E-state index contributed by atoms with van der Waals surface area (Å²) in [6.45, 7) is 3.99. The zero-order valence-electron chi connectivity index (χ0n) is 14.9. The molecule has 0 spiro atoms. The van der Waals surface area contributed by atoms with Crippen LogP contribution in [-0.2, 0) is 11.4 Å². The standard InChI is InChI=1S/C18H21ClN4O3/c1-4-21-22-13-8-9-18(15(19)10-13)26-11-14-16(23(20)12(2)24)6-5-7-17(14)25-3/h5-10H,4,11,20H2,1-3H3. The molecule has 2 aromatic rings. The van der Waals surface area contributed by atoms with Gasteiger partial charge in [0.2, 0.25) is 5.91 Å². The second kappa shape index (κ2) is 9.17. The van der Waals surface area contributed by atoms with E-state index in [0.717, 1.165) is 5.01 Å². The lowest BCUT2D eigenvalue weighted by Crippen LogP contribution is -2.36. The minimum Gasteiger partial charge on any atom is -0.496 e. The number of nitrogens with zero attached hydrogens (tertiary/aromatic N) is 3. The van der Waals surface area contributed by atoms with E-state index in [9.17, 15) is 4.79 Å². The monoisotopic (exact) mass is 376 g/mol. The highest BCUT2D eigenvalue weighted by molar-refractivity contribution is 6.32. The van der Waals surface area contributed by atoms with Crippen LogP contribution in [0.3, 0.4) is 0 Å². The molecular weight excluding hydrogens is 356 g/mol. The Morgan fingerprint density at radius 3 is 2.65 bits per heavy atom. The van der Waals surface area contributed by atoms with Crippen molar-refractivity contribution in [3.05, 3.63) is 47.0 Å². The number of hydrogen-bond acceptors (Lipinski definition) is 6. The van der Waals surface area contributed by atoms with Crippen molar-refractivity contribution in [1.82, 2.24) is 0 Å². The maximum absolute atomic E-state index is 11.6. The molecular formula is C18H21ClN4O3. The lowest BCUT2D eigenvalue weighted by atomic mass is 10.1. The van der Waals surface area contributed by atoms with E-state index in [4.69, 9.17) is 26.9 Å². The number of nitrogens with two attached hydrogens (primary N) is 1. The molecule has 0 radical (unpaired) electrons. The lowest BCUT2D eigenvalue weighted by Gasteiger charge is -2.21. The first-order valence-corrected chi connectivity index (χ1v) is 8.36. The molecule has 2 aromatic carbocycles. The van der Waals surface area contributed by atoms with Gasteiger partial charge in [0.25, 0.3) is 0 Å². The number of rotatable bonds is 7. The van der Waals surface area contributed by atoms with Gasteiger partial charge >= 0.3 is 0 Å². The van der Waals surface area contributed by atoms with Crippen molar-refractivity contribution in [2.24, 2.45) is 16.1 Å². The van der Waals surface area contributed by atoms with Crippen LogP contribution >= 0.6 is 11.6 Å². The molecule has 0 fully saturated rings. The molecule has 8 heteroatoms. The predicted molar refractivity (Wildman–Crippen MR) is 101 cm³/mol. The lowest BCUT2D eigenvalue weighted by molar-refractivity contribution is -0.116. The highest BCUT2D eigenvalue weighted by Crippen LogP contribution is 2.33. The highest BCUT2D eigenvalue weighted by Gasteiger charge is 2.17. The van der Waals surface area contributed by atoms with Gasteiger partial charge in [0.1, 0.15) is 18.1 Å². The van der Waals surface area contributed by atoms with Gasteiger partial charge in [-0.2, -0.15) is 10.2 Å². The fourth-order valence-electron chi connectivity index (χ4n) is 2.26. The number of benzene rings is 2. The van der Waals surface area contributed by atoms with Crippen LogP contribution in [0.15, 0.2) is 46.6 Å². The Bertz CT molecular complexity index is 811. The third kappa shape index (κ3) is 4.71. The quantitative estimate of drug-likeness (QED) is 0.338. The number of carbonyl (C=O) groups excluding carboxylic acids is 1. The smallest absolute Gasteiger partial charge is 0.238 e. The third-order valence-electron chi connectivity index (χ3n) is 3.54. The van der Waals surface area contributed by atoms with E-state index >= 15 is 0 Å². The highest BCUT2D eigenvalue weighted by atomic mass is 35.5. The topological polar surface area (TPSA) is 89.5 Å². The molecule has 0 unspecified atom stereocenters. The van der Waals surface area contributed by atoms with Crippen molar-refractivity contribution in [1.29, 1.82) is 0 Å². The molecule has 2 rings (SSSR count). The van der Waals surface area contributed by atoms with Gasteiger partial charge in [0.05, 0.1) is 35.6 Å². The average Bonchev–Trinajstić information content (AvgIpc) is 2.64. The van der Waals surface area contributed by atoms with Gasteiger partial charge in [-0.15, -0.1) is 0 Å². The second-order valence-corrected chi connectivity index (χ2v) is 5.72. The Morgan fingerprint density at radius 2 is 2.04 bits per heavy atom. The van der Waals surface area contributed by atoms with Crippen LogP contribution in [0.4, 0.5) is 11.4 Å². The molecule has 0 heterocycles. The van der Waals surface area contributed by atoms with Gasteiger partial charge in [0.15, 0.2) is 0 Å². The van der Waals surface area contributed by atoms with E-state index in [2.05, 4.69) is 10.2 Å². The number of hydrazine groups is 1. The first-order chi connectivity index (χ1) is 12.5. The maximum Gasteiger partial charge on any atom is 0.238 e. The summed E-state index contributed by atoms with van der Waals surface area (Å²) in [7, 11) is 1.54. The van der Waals surface area contributed by atoms with Crippen LogP contribution in [0.5, 0.6) is 11.5 Å². The maximum atomic E-state index is 11.6. The van der Waals surface area contributed by atoms with Crippen molar-refractivity contribution < 1.29 is 14.3 Å². The molecule has 0 atom stereocenters. The zero-order chi connectivity index (χ0) is 19.1. The Morgan fingerprint density at radius 1 is 1.27 bits per heavy atom. The number of carbonyl (C=O) groups is 1. The molecule has 0 saturated heterocycles. The summed E-state index contributed by atoms with van der Waals surface area (Å²) in [5.41, 5.74) is 1.78. The van der Waals surface area contributed by atoms with Crippen LogP contribution in [-0.4, -0.2) is 19.6 Å². The fraction of sp³-hybridized carbons (Fsp3) is 0.278. The molecule has 2 N–H and O–H groups in total. The number of anilines is 1. The molecule has 26 heavy (non-hydrogen) atoms. The van der Waals surface area contributed by atoms with E-state index in [0.29, 0.717) is 40.0 Å². The van der Waals surface area contributed by atoms with Gasteiger partial charge in [-0.1, -0.05) is 17.7 Å². The van der Waals surface area contributed by atoms with E-state index in [1.807, 2.05) is 6.92 Å². The third-order valence-corrected chi connectivity index (χ3v) is 3.84. The summed E-state index contributed by atoms with van der Waals surface area (Å²) < 4.78 is 11.2.